The molecule has 2 aromatic carbocycles. The Hall–Kier alpha value is -2.41. The molecule has 1 unspecified atom stereocenters. The molecule has 0 aliphatic carbocycles. The van der Waals surface area contributed by atoms with Crippen LogP contribution in [0.1, 0.15) is 62.4 Å². The fourth-order valence-corrected chi connectivity index (χ4v) is 5.29. The zero-order chi connectivity index (χ0) is 23.9. The molecule has 6 nitrogen and oxygen atoms in total. The lowest BCUT2D eigenvalue weighted by Gasteiger charge is -2.31. The third-order valence-electron chi connectivity index (χ3n) is 7.40. The highest BCUT2D eigenvalue weighted by atomic mass is 16.5. The first-order valence-electron chi connectivity index (χ1n) is 13.5. The number of fused-ring (bicyclic) bond motifs is 1. The topological polar surface area (TPSA) is 53.6 Å². The van der Waals surface area contributed by atoms with E-state index in [2.05, 4.69) is 52.2 Å². The second kappa shape index (κ2) is 12.0. The first-order chi connectivity index (χ1) is 17.2. The van der Waals surface area contributed by atoms with E-state index in [1.165, 1.54) is 45.3 Å². The van der Waals surface area contributed by atoms with Gasteiger partial charge in [-0.2, -0.15) is 0 Å². The lowest BCUT2D eigenvalue weighted by molar-refractivity contribution is -0.0265. The molecule has 0 bridgehead atoms. The number of benzene rings is 2. The Labute approximate surface area is 209 Å². The standard InChI is InChI=1S/C29H40N4O2/c1-32-19-14-24(15-20-32)35-28(29-30-26-12-3-4-13-27(26)31-29)23-10-9-11-25(22-23)34-21-8-7-18-33-16-5-2-6-17-33/h3-4,9-13,22,24,28H,2,5-8,14-21H2,1H3,(H,30,31). The molecule has 2 aliphatic heterocycles. The van der Waals surface area contributed by atoms with E-state index in [4.69, 9.17) is 14.5 Å². The van der Waals surface area contributed by atoms with E-state index >= 15 is 0 Å². The second-order valence-corrected chi connectivity index (χ2v) is 10.2. The van der Waals surface area contributed by atoms with Gasteiger partial charge in [0.05, 0.1) is 23.7 Å². The maximum absolute atomic E-state index is 6.73. The van der Waals surface area contributed by atoms with Gasteiger partial charge < -0.3 is 24.3 Å². The van der Waals surface area contributed by atoms with Crippen molar-refractivity contribution in [2.45, 2.75) is 57.2 Å². The second-order valence-electron chi connectivity index (χ2n) is 10.2. The van der Waals surface area contributed by atoms with Crippen molar-refractivity contribution in [3.8, 4) is 5.75 Å². The molecular weight excluding hydrogens is 436 g/mol. The molecule has 0 spiro atoms. The maximum Gasteiger partial charge on any atom is 0.141 e. The molecule has 2 fully saturated rings. The molecule has 35 heavy (non-hydrogen) atoms. The minimum atomic E-state index is -0.238. The summed E-state index contributed by atoms with van der Waals surface area (Å²) in [6, 6.07) is 16.6. The Kier molecular flexibility index (Phi) is 8.34. The summed E-state index contributed by atoms with van der Waals surface area (Å²) in [6.45, 7) is 6.62. The van der Waals surface area contributed by atoms with Gasteiger partial charge in [0.2, 0.25) is 0 Å². The van der Waals surface area contributed by atoms with E-state index in [0.29, 0.717) is 0 Å². The Morgan fingerprint density at radius 3 is 2.63 bits per heavy atom. The molecule has 2 saturated heterocycles. The van der Waals surface area contributed by atoms with Crippen LogP contribution in [-0.2, 0) is 4.74 Å². The number of piperidine rings is 2. The Morgan fingerprint density at radius 1 is 0.971 bits per heavy atom. The van der Waals surface area contributed by atoms with Crippen molar-refractivity contribution in [3.63, 3.8) is 0 Å². The molecule has 1 aromatic heterocycles. The van der Waals surface area contributed by atoms with Crippen LogP contribution in [0.15, 0.2) is 48.5 Å². The van der Waals surface area contributed by atoms with Crippen molar-refractivity contribution in [1.29, 1.82) is 0 Å². The molecule has 3 aromatic rings. The fraction of sp³-hybridized carbons (Fsp3) is 0.552. The molecule has 3 heterocycles. The van der Waals surface area contributed by atoms with Gasteiger partial charge in [0.1, 0.15) is 17.7 Å². The molecule has 1 atom stereocenters. The molecule has 6 heteroatoms. The summed E-state index contributed by atoms with van der Waals surface area (Å²) in [5.41, 5.74) is 3.11. The number of H-pyrrole nitrogens is 1. The van der Waals surface area contributed by atoms with Crippen LogP contribution >= 0.6 is 0 Å². The number of hydrogen-bond acceptors (Lipinski definition) is 5. The highest BCUT2D eigenvalue weighted by Gasteiger charge is 2.26. The van der Waals surface area contributed by atoms with Gasteiger partial charge in [0.15, 0.2) is 0 Å². The normalized spacial score (nSPS) is 19.2. The monoisotopic (exact) mass is 476 g/mol. The molecule has 188 valence electrons. The average molecular weight is 477 g/mol. The largest absolute Gasteiger partial charge is 0.494 e. The number of nitrogens with one attached hydrogen (secondary N) is 1. The number of ether oxygens (including phenoxy) is 2. The summed E-state index contributed by atoms with van der Waals surface area (Å²) < 4.78 is 12.9. The summed E-state index contributed by atoms with van der Waals surface area (Å²) in [6.07, 6.45) is 8.46. The van der Waals surface area contributed by atoms with Crippen molar-refractivity contribution in [2.24, 2.45) is 0 Å². The van der Waals surface area contributed by atoms with Crippen LogP contribution < -0.4 is 4.74 Å². The molecule has 1 N–H and O–H groups in total. The molecular formula is C29H40N4O2. The Balaban J connectivity index is 1.25. The van der Waals surface area contributed by atoms with Crippen molar-refractivity contribution in [3.05, 3.63) is 59.9 Å². The van der Waals surface area contributed by atoms with Gasteiger partial charge in [-0.1, -0.05) is 30.7 Å². The number of hydrogen-bond donors (Lipinski definition) is 1. The highest BCUT2D eigenvalue weighted by Crippen LogP contribution is 2.31. The summed E-state index contributed by atoms with van der Waals surface area (Å²) in [7, 11) is 2.18. The predicted octanol–water partition coefficient (Wildman–Crippen LogP) is 5.41. The minimum Gasteiger partial charge on any atom is -0.494 e. The average Bonchev–Trinajstić information content (AvgIpc) is 3.33. The van der Waals surface area contributed by atoms with Crippen LogP contribution in [-0.4, -0.2) is 72.3 Å². The van der Waals surface area contributed by atoms with Crippen LogP contribution in [0.3, 0.4) is 0 Å². The van der Waals surface area contributed by atoms with Gasteiger partial charge in [-0.05, 0) is 95.0 Å². The third kappa shape index (κ3) is 6.63. The van der Waals surface area contributed by atoms with E-state index in [-0.39, 0.29) is 12.2 Å². The number of aromatic nitrogens is 2. The van der Waals surface area contributed by atoms with Gasteiger partial charge in [0.25, 0.3) is 0 Å². The number of imidazole rings is 1. The van der Waals surface area contributed by atoms with Crippen LogP contribution in [0, 0.1) is 0 Å². The molecule has 0 saturated carbocycles. The van der Waals surface area contributed by atoms with Crippen LogP contribution in [0.25, 0.3) is 11.0 Å². The number of unbranched alkanes of at least 4 members (excludes halogenated alkanes) is 1. The van der Waals surface area contributed by atoms with Crippen molar-refractivity contribution >= 4 is 11.0 Å². The van der Waals surface area contributed by atoms with Crippen molar-refractivity contribution < 1.29 is 9.47 Å². The highest BCUT2D eigenvalue weighted by molar-refractivity contribution is 5.74. The van der Waals surface area contributed by atoms with Crippen LogP contribution in [0.2, 0.25) is 0 Å². The minimum absolute atomic E-state index is 0.226. The van der Waals surface area contributed by atoms with E-state index in [0.717, 1.165) is 67.1 Å². The van der Waals surface area contributed by atoms with Gasteiger partial charge >= 0.3 is 0 Å². The van der Waals surface area contributed by atoms with Gasteiger partial charge in [0, 0.05) is 13.1 Å². The molecule has 0 amide bonds. The van der Waals surface area contributed by atoms with Gasteiger partial charge in [-0.15, -0.1) is 0 Å². The number of aromatic amines is 1. The van der Waals surface area contributed by atoms with Crippen LogP contribution in [0.4, 0.5) is 0 Å². The quantitative estimate of drug-likeness (QED) is 0.397. The number of rotatable bonds is 10. The van der Waals surface area contributed by atoms with Crippen LogP contribution in [0.5, 0.6) is 5.75 Å². The molecule has 5 rings (SSSR count). The summed E-state index contributed by atoms with van der Waals surface area (Å²) in [5, 5.41) is 0. The number of para-hydroxylation sites is 2. The molecule has 2 aliphatic rings. The Bertz CT molecular complexity index is 1020. The molecule has 0 radical (unpaired) electrons. The Morgan fingerprint density at radius 2 is 1.80 bits per heavy atom. The van der Waals surface area contributed by atoms with E-state index in [1.807, 2.05) is 18.2 Å². The predicted molar refractivity (Wildman–Crippen MR) is 141 cm³/mol. The van der Waals surface area contributed by atoms with E-state index in [9.17, 15) is 0 Å². The lowest BCUT2D eigenvalue weighted by atomic mass is 10.1. The fourth-order valence-electron chi connectivity index (χ4n) is 5.29. The van der Waals surface area contributed by atoms with E-state index in [1.54, 1.807) is 0 Å². The summed E-state index contributed by atoms with van der Waals surface area (Å²) in [5.74, 6) is 1.78. The number of nitrogens with zero attached hydrogens (tertiary/aromatic N) is 3. The zero-order valence-electron chi connectivity index (χ0n) is 21.1. The first kappa shape index (κ1) is 24.3. The zero-order valence-corrected chi connectivity index (χ0v) is 21.1. The lowest BCUT2D eigenvalue weighted by Crippen LogP contribution is -2.35. The van der Waals surface area contributed by atoms with Crippen molar-refractivity contribution in [1.82, 2.24) is 19.8 Å². The summed E-state index contributed by atoms with van der Waals surface area (Å²) in [4.78, 5) is 13.4. The first-order valence-corrected chi connectivity index (χ1v) is 13.5. The number of likely N-dealkylation sites (tertiary alicyclic amines) is 2. The van der Waals surface area contributed by atoms with E-state index < -0.39 is 0 Å². The SMILES string of the molecule is CN1CCC(OC(c2cccc(OCCCCN3CCCCC3)c2)c2nc3ccccc3[nH]2)CC1. The summed E-state index contributed by atoms with van der Waals surface area (Å²) >= 11 is 0. The van der Waals surface area contributed by atoms with Crippen molar-refractivity contribution in [2.75, 3.05) is 46.4 Å². The van der Waals surface area contributed by atoms with Gasteiger partial charge in [-0.3, -0.25) is 0 Å². The van der Waals surface area contributed by atoms with Gasteiger partial charge in [-0.25, -0.2) is 4.98 Å². The smallest absolute Gasteiger partial charge is 0.141 e. The third-order valence-corrected chi connectivity index (χ3v) is 7.40. The maximum atomic E-state index is 6.73.